The van der Waals surface area contributed by atoms with Crippen molar-refractivity contribution in [1.29, 1.82) is 0 Å². The Morgan fingerprint density at radius 3 is 2.45 bits per heavy atom. The number of para-hydroxylation sites is 1. The van der Waals surface area contributed by atoms with Crippen molar-refractivity contribution >= 4 is 39.9 Å². The summed E-state index contributed by atoms with van der Waals surface area (Å²) < 4.78 is 1.10. The molecule has 0 radical (unpaired) electrons. The molecule has 0 spiro atoms. The van der Waals surface area contributed by atoms with E-state index in [2.05, 4.69) is 40.1 Å². The van der Waals surface area contributed by atoms with Gasteiger partial charge in [0.25, 0.3) is 0 Å². The average Bonchev–Trinajstić information content (AvgIpc) is 2.47. The summed E-state index contributed by atoms with van der Waals surface area (Å²) in [6.45, 7) is 2.37. The molecule has 20 heavy (non-hydrogen) atoms. The highest BCUT2D eigenvalue weighted by molar-refractivity contribution is 14.1. The van der Waals surface area contributed by atoms with Gasteiger partial charge in [0.2, 0.25) is 5.91 Å². The number of anilines is 2. The van der Waals surface area contributed by atoms with Crippen LogP contribution >= 0.6 is 22.6 Å². The first-order valence-corrected chi connectivity index (χ1v) is 7.64. The summed E-state index contributed by atoms with van der Waals surface area (Å²) in [6.07, 6.45) is 1.00. The number of carbonyl (C=O) groups excluding carboxylic acids is 1. The van der Waals surface area contributed by atoms with Gasteiger partial charge in [-0.05, 0) is 58.8 Å². The number of benzene rings is 2. The van der Waals surface area contributed by atoms with Crippen molar-refractivity contribution < 1.29 is 4.79 Å². The molecule has 1 amide bonds. The SMILES string of the molecule is CCc1ccc(NC(=O)CNc2ccccc2I)cc1. The fraction of sp³-hybridized carbons (Fsp3) is 0.188. The third-order valence-corrected chi connectivity index (χ3v) is 3.90. The lowest BCUT2D eigenvalue weighted by atomic mass is 10.1. The highest BCUT2D eigenvalue weighted by atomic mass is 127. The summed E-state index contributed by atoms with van der Waals surface area (Å²) in [4.78, 5) is 11.9. The van der Waals surface area contributed by atoms with Gasteiger partial charge < -0.3 is 10.6 Å². The van der Waals surface area contributed by atoms with E-state index in [4.69, 9.17) is 0 Å². The minimum atomic E-state index is -0.0473. The van der Waals surface area contributed by atoms with E-state index in [9.17, 15) is 4.79 Å². The Hall–Kier alpha value is -1.56. The second kappa shape index (κ2) is 7.28. The molecule has 0 saturated carbocycles. The Balaban J connectivity index is 1.87. The predicted octanol–water partition coefficient (Wildman–Crippen LogP) is 3.90. The van der Waals surface area contributed by atoms with Crippen LogP contribution in [0.25, 0.3) is 0 Å². The molecule has 0 saturated heterocycles. The zero-order chi connectivity index (χ0) is 14.4. The highest BCUT2D eigenvalue weighted by Crippen LogP contribution is 2.16. The van der Waals surface area contributed by atoms with Gasteiger partial charge in [-0.25, -0.2) is 0 Å². The lowest BCUT2D eigenvalue weighted by molar-refractivity contribution is -0.114. The van der Waals surface area contributed by atoms with Crippen LogP contribution in [-0.4, -0.2) is 12.5 Å². The first kappa shape index (κ1) is 14.8. The van der Waals surface area contributed by atoms with Crippen molar-refractivity contribution in [2.24, 2.45) is 0 Å². The van der Waals surface area contributed by atoms with Crippen molar-refractivity contribution in [2.75, 3.05) is 17.2 Å². The number of aryl methyl sites for hydroxylation is 1. The van der Waals surface area contributed by atoms with Crippen LogP contribution < -0.4 is 10.6 Å². The van der Waals surface area contributed by atoms with Crippen molar-refractivity contribution in [3.63, 3.8) is 0 Å². The molecule has 0 heterocycles. The zero-order valence-corrected chi connectivity index (χ0v) is 13.5. The molecule has 3 nitrogen and oxygen atoms in total. The molecule has 0 aromatic heterocycles. The predicted molar refractivity (Wildman–Crippen MR) is 92.1 cm³/mol. The number of hydrogen-bond acceptors (Lipinski definition) is 2. The number of halogens is 1. The van der Waals surface area contributed by atoms with Crippen molar-refractivity contribution in [2.45, 2.75) is 13.3 Å². The second-order valence-corrected chi connectivity index (χ2v) is 5.59. The molecule has 2 rings (SSSR count). The third-order valence-electron chi connectivity index (χ3n) is 2.96. The van der Waals surface area contributed by atoms with Crippen LogP contribution in [0.1, 0.15) is 12.5 Å². The average molecular weight is 380 g/mol. The van der Waals surface area contributed by atoms with Gasteiger partial charge in [0, 0.05) is 14.9 Å². The van der Waals surface area contributed by atoms with Gasteiger partial charge in [-0.1, -0.05) is 31.2 Å². The lowest BCUT2D eigenvalue weighted by Gasteiger charge is -2.09. The van der Waals surface area contributed by atoms with Gasteiger partial charge in [0.05, 0.1) is 6.54 Å². The highest BCUT2D eigenvalue weighted by Gasteiger charge is 2.03. The van der Waals surface area contributed by atoms with E-state index in [1.807, 2.05) is 48.5 Å². The van der Waals surface area contributed by atoms with Gasteiger partial charge in [-0.2, -0.15) is 0 Å². The molecule has 0 aliphatic rings. The summed E-state index contributed by atoms with van der Waals surface area (Å²) in [5.74, 6) is -0.0473. The maximum Gasteiger partial charge on any atom is 0.243 e. The zero-order valence-electron chi connectivity index (χ0n) is 11.3. The van der Waals surface area contributed by atoms with Gasteiger partial charge >= 0.3 is 0 Å². The summed E-state index contributed by atoms with van der Waals surface area (Å²) in [7, 11) is 0. The number of rotatable bonds is 5. The first-order valence-electron chi connectivity index (χ1n) is 6.56. The Kier molecular flexibility index (Phi) is 5.40. The molecule has 0 bridgehead atoms. The summed E-state index contributed by atoms with van der Waals surface area (Å²) in [6, 6.07) is 15.8. The maximum atomic E-state index is 11.9. The Bertz CT molecular complexity index is 581. The molecule has 2 aromatic carbocycles. The number of hydrogen-bond donors (Lipinski definition) is 2. The fourth-order valence-corrected chi connectivity index (χ4v) is 2.39. The van der Waals surface area contributed by atoms with E-state index in [0.29, 0.717) is 0 Å². The molecule has 0 fully saturated rings. The van der Waals surface area contributed by atoms with Crippen LogP contribution in [0.5, 0.6) is 0 Å². The van der Waals surface area contributed by atoms with E-state index in [1.54, 1.807) is 0 Å². The molecule has 104 valence electrons. The third kappa shape index (κ3) is 4.23. The molecule has 0 aliphatic carbocycles. The molecular formula is C16H17IN2O. The van der Waals surface area contributed by atoms with E-state index in [0.717, 1.165) is 21.4 Å². The van der Waals surface area contributed by atoms with Crippen LogP contribution in [0.2, 0.25) is 0 Å². The van der Waals surface area contributed by atoms with E-state index in [1.165, 1.54) is 5.56 Å². The molecule has 0 aliphatic heterocycles. The fourth-order valence-electron chi connectivity index (χ4n) is 1.81. The molecule has 2 aromatic rings. The topological polar surface area (TPSA) is 41.1 Å². The van der Waals surface area contributed by atoms with Crippen LogP contribution in [0.3, 0.4) is 0 Å². The Morgan fingerprint density at radius 1 is 1.10 bits per heavy atom. The van der Waals surface area contributed by atoms with Gasteiger partial charge in [0.1, 0.15) is 0 Å². The molecule has 4 heteroatoms. The van der Waals surface area contributed by atoms with Crippen LogP contribution in [-0.2, 0) is 11.2 Å². The smallest absolute Gasteiger partial charge is 0.243 e. The monoisotopic (exact) mass is 380 g/mol. The van der Waals surface area contributed by atoms with E-state index in [-0.39, 0.29) is 12.5 Å². The normalized spacial score (nSPS) is 10.1. The van der Waals surface area contributed by atoms with E-state index >= 15 is 0 Å². The standard InChI is InChI=1S/C16H17IN2O/c1-2-12-7-9-13(10-8-12)19-16(20)11-18-15-6-4-3-5-14(15)17/h3-10,18H,2,11H2,1H3,(H,19,20). The van der Waals surface area contributed by atoms with Crippen molar-refractivity contribution in [3.05, 3.63) is 57.7 Å². The van der Waals surface area contributed by atoms with Crippen molar-refractivity contribution in [1.82, 2.24) is 0 Å². The maximum absolute atomic E-state index is 11.9. The minimum absolute atomic E-state index is 0.0473. The summed E-state index contributed by atoms with van der Waals surface area (Å²) >= 11 is 2.24. The van der Waals surface area contributed by atoms with Gasteiger partial charge in [-0.15, -0.1) is 0 Å². The van der Waals surface area contributed by atoms with Crippen molar-refractivity contribution in [3.8, 4) is 0 Å². The van der Waals surface area contributed by atoms with Crippen LogP contribution in [0.4, 0.5) is 11.4 Å². The summed E-state index contributed by atoms with van der Waals surface area (Å²) in [5, 5.41) is 6.02. The molecule has 0 atom stereocenters. The van der Waals surface area contributed by atoms with Crippen LogP contribution in [0, 0.1) is 3.57 Å². The number of amides is 1. The minimum Gasteiger partial charge on any atom is -0.375 e. The quantitative estimate of drug-likeness (QED) is 0.773. The molecular weight excluding hydrogens is 363 g/mol. The largest absolute Gasteiger partial charge is 0.375 e. The molecule has 0 unspecified atom stereocenters. The van der Waals surface area contributed by atoms with Gasteiger partial charge in [0.15, 0.2) is 0 Å². The number of nitrogens with one attached hydrogen (secondary N) is 2. The Labute approximate surface area is 132 Å². The lowest BCUT2D eigenvalue weighted by Crippen LogP contribution is -2.22. The summed E-state index contributed by atoms with van der Waals surface area (Å²) in [5.41, 5.74) is 3.07. The van der Waals surface area contributed by atoms with Crippen LogP contribution in [0.15, 0.2) is 48.5 Å². The number of carbonyl (C=O) groups is 1. The molecule has 2 N–H and O–H groups in total. The Morgan fingerprint density at radius 2 is 1.80 bits per heavy atom. The second-order valence-electron chi connectivity index (χ2n) is 4.43. The van der Waals surface area contributed by atoms with E-state index < -0.39 is 0 Å². The van der Waals surface area contributed by atoms with Gasteiger partial charge in [-0.3, -0.25) is 4.79 Å². The first-order chi connectivity index (χ1) is 9.69.